The minimum Gasteiger partial charge on any atom is -0.497 e. The number of amides is 3. The van der Waals surface area contributed by atoms with E-state index in [0.717, 1.165) is 9.78 Å². The van der Waals surface area contributed by atoms with Gasteiger partial charge in [-0.05, 0) is 60.0 Å². The predicted molar refractivity (Wildman–Crippen MR) is 121 cm³/mol. The molecule has 1 saturated heterocycles. The monoisotopic (exact) mass is 450 g/mol. The molecule has 3 aromatic rings. The number of hydrogen-bond acceptors (Lipinski definition) is 6. The number of anilines is 1. The molecule has 1 aliphatic rings. The average molecular weight is 451 g/mol. The van der Waals surface area contributed by atoms with E-state index >= 15 is 0 Å². The van der Waals surface area contributed by atoms with Gasteiger partial charge >= 0.3 is 0 Å². The van der Waals surface area contributed by atoms with Crippen molar-refractivity contribution in [3.8, 4) is 11.5 Å². The number of hydrogen-bond donors (Lipinski definition) is 0. The molecule has 1 aliphatic heterocycles. The van der Waals surface area contributed by atoms with Gasteiger partial charge in [0.15, 0.2) is 0 Å². The number of carbonyl (C=O) groups excluding carboxylic acids is 3. The summed E-state index contributed by atoms with van der Waals surface area (Å²) in [6.45, 7) is 0.239. The number of rotatable bonds is 7. The van der Waals surface area contributed by atoms with Crippen molar-refractivity contribution in [2.24, 2.45) is 0 Å². The standard InChI is InChI=1S/C24H22N2O5S/c1-30-18-9-5-16(6-10-18)23(28)25(15-20-4-3-13-32-20)21-14-22(27)26(24(21)29)17-7-11-19(31-2)12-8-17/h3-13,21H,14-15H2,1-2H3. The first kappa shape index (κ1) is 21.6. The molecule has 2 aromatic carbocycles. The fraction of sp³-hybridized carbons (Fsp3) is 0.208. The lowest BCUT2D eigenvalue weighted by Gasteiger charge is -2.27. The van der Waals surface area contributed by atoms with Crippen molar-refractivity contribution in [1.29, 1.82) is 0 Å². The van der Waals surface area contributed by atoms with E-state index in [-0.39, 0.29) is 24.8 Å². The Balaban J connectivity index is 1.64. The van der Waals surface area contributed by atoms with Crippen LogP contribution in [0.25, 0.3) is 0 Å². The van der Waals surface area contributed by atoms with Gasteiger partial charge in [0.2, 0.25) is 5.91 Å². The maximum atomic E-state index is 13.4. The highest BCUT2D eigenvalue weighted by Crippen LogP contribution is 2.29. The summed E-state index contributed by atoms with van der Waals surface area (Å²) < 4.78 is 10.3. The number of imide groups is 1. The normalized spacial score (nSPS) is 15.7. The highest BCUT2D eigenvalue weighted by Gasteiger charge is 2.44. The minimum absolute atomic E-state index is 0.0713. The third-order valence-electron chi connectivity index (χ3n) is 5.33. The summed E-state index contributed by atoms with van der Waals surface area (Å²) in [5.41, 5.74) is 0.877. The van der Waals surface area contributed by atoms with Crippen molar-refractivity contribution in [2.45, 2.75) is 19.0 Å². The molecule has 3 amide bonds. The van der Waals surface area contributed by atoms with Crippen LogP contribution in [0.2, 0.25) is 0 Å². The zero-order valence-electron chi connectivity index (χ0n) is 17.7. The Morgan fingerprint density at radius 3 is 2.19 bits per heavy atom. The van der Waals surface area contributed by atoms with Gasteiger partial charge in [0.25, 0.3) is 11.8 Å². The lowest BCUT2D eigenvalue weighted by Crippen LogP contribution is -2.45. The molecule has 0 spiro atoms. The summed E-state index contributed by atoms with van der Waals surface area (Å²) in [6.07, 6.45) is -0.0713. The second-order valence-electron chi connectivity index (χ2n) is 7.23. The van der Waals surface area contributed by atoms with E-state index < -0.39 is 11.9 Å². The third-order valence-corrected chi connectivity index (χ3v) is 6.19. The highest BCUT2D eigenvalue weighted by molar-refractivity contribution is 7.09. The molecule has 0 N–H and O–H groups in total. The summed E-state index contributed by atoms with van der Waals surface area (Å²) in [7, 11) is 3.10. The molecule has 1 atom stereocenters. The van der Waals surface area contributed by atoms with Crippen molar-refractivity contribution in [2.75, 3.05) is 19.1 Å². The first-order valence-electron chi connectivity index (χ1n) is 10.00. The lowest BCUT2D eigenvalue weighted by atomic mass is 10.1. The Hall–Kier alpha value is -3.65. The van der Waals surface area contributed by atoms with Crippen LogP contribution in [-0.2, 0) is 16.1 Å². The number of ether oxygens (including phenoxy) is 2. The van der Waals surface area contributed by atoms with E-state index in [1.807, 2.05) is 17.5 Å². The molecule has 1 aromatic heterocycles. The van der Waals surface area contributed by atoms with Gasteiger partial charge in [-0.2, -0.15) is 0 Å². The molecule has 0 aliphatic carbocycles. The van der Waals surface area contributed by atoms with Gasteiger partial charge < -0.3 is 14.4 Å². The van der Waals surface area contributed by atoms with E-state index in [4.69, 9.17) is 9.47 Å². The van der Waals surface area contributed by atoms with Gasteiger partial charge in [-0.3, -0.25) is 14.4 Å². The van der Waals surface area contributed by atoms with Crippen LogP contribution in [0, 0.1) is 0 Å². The number of thiophene rings is 1. The Bertz CT molecular complexity index is 1110. The molecular formula is C24H22N2O5S. The lowest BCUT2D eigenvalue weighted by molar-refractivity contribution is -0.122. The van der Waals surface area contributed by atoms with Crippen molar-refractivity contribution >= 4 is 34.7 Å². The average Bonchev–Trinajstić information content (AvgIpc) is 3.44. The molecule has 164 valence electrons. The number of carbonyl (C=O) groups is 3. The van der Waals surface area contributed by atoms with Crippen molar-refractivity contribution < 1.29 is 23.9 Å². The van der Waals surface area contributed by atoms with Gasteiger partial charge in [-0.1, -0.05) is 6.07 Å². The minimum atomic E-state index is -0.888. The summed E-state index contributed by atoms with van der Waals surface area (Å²) in [6, 6.07) is 16.3. The fourth-order valence-electron chi connectivity index (χ4n) is 3.66. The molecule has 7 nitrogen and oxygen atoms in total. The Labute approximate surface area is 189 Å². The van der Waals surface area contributed by atoms with E-state index in [9.17, 15) is 14.4 Å². The molecule has 1 unspecified atom stereocenters. The SMILES string of the molecule is COc1ccc(C(=O)N(Cc2cccs2)C2CC(=O)N(c3ccc(OC)cc3)C2=O)cc1. The van der Waals surface area contributed by atoms with Gasteiger partial charge in [-0.15, -0.1) is 11.3 Å². The van der Waals surface area contributed by atoms with Gasteiger partial charge in [-0.25, -0.2) is 4.90 Å². The zero-order chi connectivity index (χ0) is 22.7. The van der Waals surface area contributed by atoms with Crippen molar-refractivity contribution in [3.05, 3.63) is 76.5 Å². The predicted octanol–water partition coefficient (Wildman–Crippen LogP) is 3.74. The van der Waals surface area contributed by atoms with Crippen molar-refractivity contribution in [3.63, 3.8) is 0 Å². The van der Waals surface area contributed by atoms with E-state index in [1.165, 1.54) is 16.2 Å². The maximum absolute atomic E-state index is 13.4. The Morgan fingerprint density at radius 1 is 1.00 bits per heavy atom. The Kier molecular flexibility index (Phi) is 6.23. The van der Waals surface area contributed by atoms with Crippen molar-refractivity contribution in [1.82, 2.24) is 4.90 Å². The van der Waals surface area contributed by atoms with Crippen LogP contribution in [0.5, 0.6) is 11.5 Å². The quantitative estimate of drug-likeness (QED) is 0.513. The van der Waals surface area contributed by atoms with Crippen LogP contribution < -0.4 is 14.4 Å². The van der Waals surface area contributed by atoms with E-state index in [1.54, 1.807) is 62.8 Å². The number of nitrogens with zero attached hydrogens (tertiary/aromatic N) is 2. The topological polar surface area (TPSA) is 76.2 Å². The number of methoxy groups -OCH3 is 2. The fourth-order valence-corrected chi connectivity index (χ4v) is 4.36. The largest absolute Gasteiger partial charge is 0.497 e. The second-order valence-corrected chi connectivity index (χ2v) is 8.26. The van der Waals surface area contributed by atoms with E-state index in [2.05, 4.69) is 0 Å². The summed E-state index contributed by atoms with van der Waals surface area (Å²) in [4.78, 5) is 43.1. The molecule has 4 rings (SSSR count). The summed E-state index contributed by atoms with van der Waals surface area (Å²) in [5.74, 6) is 0.175. The van der Waals surface area contributed by atoms with Crippen LogP contribution >= 0.6 is 11.3 Å². The maximum Gasteiger partial charge on any atom is 0.257 e. The summed E-state index contributed by atoms with van der Waals surface area (Å²) >= 11 is 1.49. The van der Waals surface area contributed by atoms with Gasteiger partial charge in [0.05, 0.1) is 32.9 Å². The van der Waals surface area contributed by atoms with Gasteiger partial charge in [0, 0.05) is 10.4 Å². The summed E-state index contributed by atoms with van der Waals surface area (Å²) in [5, 5.41) is 1.91. The van der Waals surface area contributed by atoms with E-state index in [0.29, 0.717) is 22.7 Å². The Morgan fingerprint density at radius 2 is 1.62 bits per heavy atom. The van der Waals surface area contributed by atoms with Crippen LogP contribution in [0.1, 0.15) is 21.7 Å². The second kappa shape index (κ2) is 9.23. The van der Waals surface area contributed by atoms with Crippen LogP contribution in [0.4, 0.5) is 5.69 Å². The number of benzene rings is 2. The first-order valence-corrected chi connectivity index (χ1v) is 10.9. The van der Waals surface area contributed by atoms with Crippen LogP contribution in [0.15, 0.2) is 66.0 Å². The van der Waals surface area contributed by atoms with Crippen LogP contribution in [0.3, 0.4) is 0 Å². The molecule has 2 heterocycles. The third kappa shape index (κ3) is 4.22. The van der Waals surface area contributed by atoms with Gasteiger partial charge in [0.1, 0.15) is 17.5 Å². The smallest absolute Gasteiger partial charge is 0.257 e. The molecule has 0 saturated carbocycles. The molecular weight excluding hydrogens is 428 g/mol. The highest BCUT2D eigenvalue weighted by atomic mass is 32.1. The zero-order valence-corrected chi connectivity index (χ0v) is 18.5. The first-order chi connectivity index (χ1) is 15.5. The molecule has 1 fully saturated rings. The van der Waals surface area contributed by atoms with Crippen LogP contribution in [-0.4, -0.2) is 42.9 Å². The molecule has 0 bridgehead atoms. The molecule has 32 heavy (non-hydrogen) atoms. The molecule has 0 radical (unpaired) electrons. The molecule has 8 heteroatoms.